The highest BCUT2D eigenvalue weighted by Gasteiger charge is 1.98. The van der Waals surface area contributed by atoms with Crippen LogP contribution >= 0.6 is 34.2 Å². The lowest BCUT2D eigenvalue weighted by Gasteiger charge is -1.97. The molecule has 0 spiro atoms. The summed E-state index contributed by atoms with van der Waals surface area (Å²) in [7, 11) is 0. The molecule has 0 aliphatic heterocycles. The van der Waals surface area contributed by atoms with Crippen LogP contribution in [0.25, 0.3) is 0 Å². The summed E-state index contributed by atoms with van der Waals surface area (Å²) < 4.78 is 1.05. The van der Waals surface area contributed by atoms with Gasteiger partial charge in [0, 0.05) is 14.2 Å². The SMILES string of the molecule is [O]Cc1cc(I)ccc1Cl. The minimum absolute atomic E-state index is 0.240. The van der Waals surface area contributed by atoms with E-state index >= 15 is 0 Å². The lowest BCUT2D eigenvalue weighted by atomic mass is 10.2. The second-order valence-corrected chi connectivity index (χ2v) is 3.53. The van der Waals surface area contributed by atoms with Gasteiger partial charge in [-0.25, -0.2) is 5.11 Å². The third kappa shape index (κ3) is 1.84. The molecule has 0 saturated heterocycles. The van der Waals surface area contributed by atoms with Crippen molar-refractivity contribution in [3.05, 3.63) is 32.4 Å². The van der Waals surface area contributed by atoms with Crippen LogP contribution in [-0.4, -0.2) is 0 Å². The Balaban J connectivity index is 3.09. The van der Waals surface area contributed by atoms with E-state index in [4.69, 9.17) is 11.6 Å². The number of benzene rings is 1. The van der Waals surface area contributed by atoms with E-state index < -0.39 is 0 Å². The van der Waals surface area contributed by atoms with Crippen molar-refractivity contribution < 1.29 is 5.11 Å². The third-order valence-corrected chi connectivity index (χ3v) is 2.20. The first-order valence-corrected chi connectivity index (χ1v) is 4.21. The Morgan fingerprint density at radius 3 is 2.70 bits per heavy atom. The molecule has 0 aliphatic rings. The molecule has 1 nitrogen and oxygen atoms in total. The summed E-state index contributed by atoms with van der Waals surface area (Å²) in [5, 5.41) is 11.0. The molecular weight excluding hydrogens is 262 g/mol. The van der Waals surface area contributed by atoms with Gasteiger partial charge < -0.3 is 0 Å². The average molecular weight is 267 g/mol. The van der Waals surface area contributed by atoms with Gasteiger partial charge in [-0.3, -0.25) is 0 Å². The summed E-state index contributed by atoms with van der Waals surface area (Å²) in [6, 6.07) is 5.43. The summed E-state index contributed by atoms with van der Waals surface area (Å²) in [4.78, 5) is 0. The molecular formula is C7H5ClIO. The molecule has 0 fully saturated rings. The molecule has 3 heteroatoms. The smallest absolute Gasteiger partial charge is 0.109 e. The zero-order valence-corrected chi connectivity index (χ0v) is 8.02. The largest absolute Gasteiger partial charge is 0.232 e. The van der Waals surface area contributed by atoms with Crippen molar-refractivity contribution in [1.29, 1.82) is 0 Å². The first-order chi connectivity index (χ1) is 4.74. The Hall–Kier alpha value is 0.200. The van der Waals surface area contributed by atoms with Crippen LogP contribution in [0.2, 0.25) is 5.02 Å². The molecule has 1 aromatic carbocycles. The minimum atomic E-state index is -0.240. The maximum Gasteiger partial charge on any atom is 0.109 e. The van der Waals surface area contributed by atoms with Crippen LogP contribution in [0.15, 0.2) is 18.2 Å². The van der Waals surface area contributed by atoms with Crippen LogP contribution in [0, 0.1) is 3.57 Å². The predicted molar refractivity (Wildman–Crippen MR) is 48.6 cm³/mol. The fraction of sp³-hybridized carbons (Fsp3) is 0.143. The molecule has 10 heavy (non-hydrogen) atoms. The molecule has 0 heterocycles. The van der Waals surface area contributed by atoms with Gasteiger partial charge >= 0.3 is 0 Å². The summed E-state index contributed by atoms with van der Waals surface area (Å²) >= 11 is 7.84. The van der Waals surface area contributed by atoms with Gasteiger partial charge in [0.15, 0.2) is 0 Å². The lowest BCUT2D eigenvalue weighted by molar-refractivity contribution is 0.177. The molecule has 1 radical (unpaired) electrons. The van der Waals surface area contributed by atoms with E-state index in [1.165, 1.54) is 0 Å². The van der Waals surface area contributed by atoms with Crippen LogP contribution in [0.3, 0.4) is 0 Å². The quantitative estimate of drug-likeness (QED) is 0.697. The van der Waals surface area contributed by atoms with Crippen molar-refractivity contribution in [2.45, 2.75) is 6.61 Å². The van der Waals surface area contributed by atoms with Crippen LogP contribution in [-0.2, 0) is 11.7 Å². The van der Waals surface area contributed by atoms with Crippen molar-refractivity contribution in [1.82, 2.24) is 0 Å². The van der Waals surface area contributed by atoms with Crippen LogP contribution in [0.5, 0.6) is 0 Å². The zero-order valence-electron chi connectivity index (χ0n) is 5.10. The predicted octanol–water partition coefficient (Wildman–Crippen LogP) is 2.88. The van der Waals surface area contributed by atoms with Gasteiger partial charge in [0.25, 0.3) is 0 Å². The van der Waals surface area contributed by atoms with Gasteiger partial charge in [-0.15, -0.1) is 0 Å². The number of halogens is 2. The fourth-order valence-electron chi connectivity index (χ4n) is 0.654. The van der Waals surface area contributed by atoms with E-state index in [9.17, 15) is 5.11 Å². The van der Waals surface area contributed by atoms with Crippen LogP contribution < -0.4 is 0 Å². The molecule has 1 aromatic rings. The Labute approximate surface area is 78.2 Å². The second kappa shape index (κ2) is 3.55. The van der Waals surface area contributed by atoms with Gasteiger partial charge in [0.2, 0.25) is 0 Å². The molecule has 53 valence electrons. The van der Waals surface area contributed by atoms with Gasteiger partial charge in [-0.1, -0.05) is 11.6 Å². The van der Waals surface area contributed by atoms with Crippen molar-refractivity contribution in [2.75, 3.05) is 0 Å². The average Bonchev–Trinajstić information content (AvgIpc) is 1.94. The second-order valence-electron chi connectivity index (χ2n) is 1.88. The first-order valence-electron chi connectivity index (χ1n) is 2.76. The monoisotopic (exact) mass is 267 g/mol. The van der Waals surface area contributed by atoms with Gasteiger partial charge in [-0.05, 0) is 40.8 Å². The maximum atomic E-state index is 10.4. The lowest BCUT2D eigenvalue weighted by Crippen LogP contribution is -1.83. The Morgan fingerprint density at radius 1 is 1.50 bits per heavy atom. The molecule has 0 bridgehead atoms. The number of hydrogen-bond donors (Lipinski definition) is 0. The highest BCUT2D eigenvalue weighted by molar-refractivity contribution is 14.1. The van der Waals surface area contributed by atoms with Crippen LogP contribution in [0.4, 0.5) is 0 Å². The summed E-state index contributed by atoms with van der Waals surface area (Å²) in [6.07, 6.45) is 0. The standard InChI is InChI=1S/C7H5ClIO/c8-7-2-1-6(9)3-5(7)4-10/h1-3H,4H2. The molecule has 0 aromatic heterocycles. The van der Waals surface area contributed by atoms with E-state index in [0.717, 1.165) is 3.57 Å². The summed E-state index contributed by atoms with van der Waals surface area (Å²) in [5.74, 6) is 0. The summed E-state index contributed by atoms with van der Waals surface area (Å²) in [5.41, 5.74) is 0.675. The molecule has 0 unspecified atom stereocenters. The molecule has 0 saturated carbocycles. The molecule has 0 N–H and O–H groups in total. The van der Waals surface area contributed by atoms with E-state index in [1.807, 2.05) is 6.07 Å². The molecule has 1 rings (SSSR count). The number of rotatable bonds is 1. The van der Waals surface area contributed by atoms with E-state index in [2.05, 4.69) is 22.6 Å². The first kappa shape index (κ1) is 8.30. The van der Waals surface area contributed by atoms with E-state index in [1.54, 1.807) is 12.1 Å². The van der Waals surface area contributed by atoms with Gasteiger partial charge in [0.05, 0.1) is 0 Å². The van der Waals surface area contributed by atoms with E-state index in [0.29, 0.717) is 10.6 Å². The Kier molecular flexibility index (Phi) is 2.95. The normalized spacial score (nSPS) is 9.90. The van der Waals surface area contributed by atoms with Crippen LogP contribution in [0.1, 0.15) is 5.56 Å². The minimum Gasteiger partial charge on any atom is -0.232 e. The third-order valence-electron chi connectivity index (χ3n) is 1.16. The zero-order chi connectivity index (χ0) is 7.56. The van der Waals surface area contributed by atoms with Gasteiger partial charge in [-0.2, -0.15) is 0 Å². The fourth-order valence-corrected chi connectivity index (χ4v) is 1.38. The topological polar surface area (TPSA) is 19.9 Å². The highest BCUT2D eigenvalue weighted by atomic mass is 127. The van der Waals surface area contributed by atoms with Gasteiger partial charge in [0.1, 0.15) is 6.61 Å². The number of hydrogen-bond acceptors (Lipinski definition) is 0. The van der Waals surface area contributed by atoms with Crippen molar-refractivity contribution in [3.8, 4) is 0 Å². The summed E-state index contributed by atoms with van der Waals surface area (Å²) in [6.45, 7) is -0.240. The Bertz CT molecular complexity index is 237. The molecule has 0 atom stereocenters. The van der Waals surface area contributed by atoms with Crippen molar-refractivity contribution in [2.24, 2.45) is 0 Å². The Morgan fingerprint density at radius 2 is 2.20 bits per heavy atom. The van der Waals surface area contributed by atoms with Crippen molar-refractivity contribution >= 4 is 34.2 Å². The molecule has 0 aliphatic carbocycles. The van der Waals surface area contributed by atoms with E-state index in [-0.39, 0.29) is 6.61 Å². The highest BCUT2D eigenvalue weighted by Crippen LogP contribution is 2.18. The van der Waals surface area contributed by atoms with Crippen molar-refractivity contribution in [3.63, 3.8) is 0 Å². The molecule has 0 amide bonds. The maximum absolute atomic E-state index is 10.4.